The molecule has 1 aromatic rings. The number of carboxylic acid groups (broad SMARTS) is 1. The van der Waals surface area contributed by atoms with Crippen LogP contribution in [-0.2, 0) is 11.3 Å². The van der Waals surface area contributed by atoms with Crippen LogP contribution in [0, 0.1) is 12.8 Å². The summed E-state index contributed by atoms with van der Waals surface area (Å²) in [6, 6.07) is 1.72. The summed E-state index contributed by atoms with van der Waals surface area (Å²) in [6.45, 7) is 3.30. The molecule has 0 saturated heterocycles. The molecule has 15 heavy (non-hydrogen) atoms. The topological polar surface area (TPSA) is 46.5 Å². The molecule has 0 unspecified atom stereocenters. The fraction of sp³-hybridized carbons (Fsp3) is 0.545. The van der Waals surface area contributed by atoms with Gasteiger partial charge in [0.2, 0.25) is 0 Å². The molecule has 2 rings (SSSR count). The van der Waals surface area contributed by atoms with E-state index in [1.165, 1.54) is 24.2 Å². The highest BCUT2D eigenvalue weighted by molar-refractivity contribution is 7.14. The molecule has 1 aliphatic carbocycles. The molecule has 1 aromatic heterocycles. The number of thiophene rings is 1. The third kappa shape index (κ3) is 2.79. The first-order valence-electron chi connectivity index (χ1n) is 5.07. The first kappa shape index (κ1) is 10.6. The van der Waals surface area contributed by atoms with E-state index in [2.05, 4.69) is 0 Å². The molecular weight excluding hydrogens is 212 g/mol. The molecular formula is C11H14O3S. The van der Waals surface area contributed by atoms with Crippen LogP contribution in [0.3, 0.4) is 0 Å². The number of carbonyl (C=O) groups is 1. The second-order valence-corrected chi connectivity index (χ2v) is 5.21. The van der Waals surface area contributed by atoms with Crippen LogP contribution >= 0.6 is 11.3 Å². The predicted molar refractivity (Wildman–Crippen MR) is 58.4 cm³/mol. The van der Waals surface area contributed by atoms with Crippen LogP contribution in [0.2, 0.25) is 0 Å². The molecule has 1 fully saturated rings. The molecule has 0 amide bonds. The van der Waals surface area contributed by atoms with Gasteiger partial charge in [-0.05, 0) is 37.3 Å². The molecule has 0 spiro atoms. The van der Waals surface area contributed by atoms with Crippen LogP contribution in [0.1, 0.15) is 33.0 Å². The van der Waals surface area contributed by atoms with Crippen LogP contribution in [-0.4, -0.2) is 17.7 Å². The Morgan fingerprint density at radius 2 is 2.40 bits per heavy atom. The maximum Gasteiger partial charge on any atom is 0.345 e. The van der Waals surface area contributed by atoms with Gasteiger partial charge in [0.15, 0.2) is 0 Å². The van der Waals surface area contributed by atoms with E-state index in [4.69, 9.17) is 9.84 Å². The van der Waals surface area contributed by atoms with E-state index in [-0.39, 0.29) is 0 Å². The lowest BCUT2D eigenvalue weighted by Gasteiger charge is -2.01. The highest BCUT2D eigenvalue weighted by atomic mass is 32.1. The van der Waals surface area contributed by atoms with Crippen molar-refractivity contribution in [3.8, 4) is 0 Å². The normalized spacial score (nSPS) is 15.5. The van der Waals surface area contributed by atoms with Gasteiger partial charge in [0.25, 0.3) is 0 Å². The first-order valence-corrected chi connectivity index (χ1v) is 5.89. The summed E-state index contributed by atoms with van der Waals surface area (Å²) in [5, 5.41) is 8.82. The summed E-state index contributed by atoms with van der Waals surface area (Å²) in [6.07, 6.45) is 2.56. The molecule has 1 saturated carbocycles. The number of ether oxygens (including phenoxy) is 1. The quantitative estimate of drug-likeness (QED) is 0.839. The molecule has 82 valence electrons. The van der Waals surface area contributed by atoms with E-state index >= 15 is 0 Å². The largest absolute Gasteiger partial charge is 0.477 e. The van der Waals surface area contributed by atoms with Crippen molar-refractivity contribution in [1.29, 1.82) is 0 Å². The number of hydrogen-bond acceptors (Lipinski definition) is 3. The molecule has 1 N–H and O–H groups in total. The molecule has 4 heteroatoms. The van der Waals surface area contributed by atoms with Crippen molar-refractivity contribution in [3.05, 3.63) is 21.4 Å². The molecule has 0 bridgehead atoms. The molecule has 0 radical (unpaired) electrons. The van der Waals surface area contributed by atoms with Crippen LogP contribution in [0.5, 0.6) is 0 Å². The highest BCUT2D eigenvalue weighted by Gasteiger charge is 2.21. The van der Waals surface area contributed by atoms with E-state index in [1.807, 2.05) is 6.92 Å². The van der Waals surface area contributed by atoms with Gasteiger partial charge in [-0.3, -0.25) is 0 Å². The van der Waals surface area contributed by atoms with E-state index in [0.717, 1.165) is 23.0 Å². The van der Waals surface area contributed by atoms with Gasteiger partial charge >= 0.3 is 5.97 Å². The minimum absolute atomic E-state index is 0.400. The SMILES string of the molecule is Cc1sc(C(=O)O)cc1COCC1CC1. The number of aryl methyl sites for hydroxylation is 1. The number of hydrogen-bond donors (Lipinski definition) is 1. The molecule has 0 atom stereocenters. The van der Waals surface area contributed by atoms with Crippen molar-refractivity contribution in [3.63, 3.8) is 0 Å². The number of rotatable bonds is 5. The first-order chi connectivity index (χ1) is 7.16. The second-order valence-electron chi connectivity index (χ2n) is 3.96. The van der Waals surface area contributed by atoms with Crippen molar-refractivity contribution >= 4 is 17.3 Å². The van der Waals surface area contributed by atoms with Crippen molar-refractivity contribution in [2.75, 3.05) is 6.61 Å². The standard InChI is InChI=1S/C11H14O3S/c1-7-9(4-10(15-7)11(12)13)6-14-5-8-2-3-8/h4,8H,2-3,5-6H2,1H3,(H,12,13). The van der Waals surface area contributed by atoms with Crippen LogP contribution < -0.4 is 0 Å². The lowest BCUT2D eigenvalue weighted by molar-refractivity contribution is 0.0701. The third-order valence-electron chi connectivity index (χ3n) is 2.54. The lowest BCUT2D eigenvalue weighted by atomic mass is 10.2. The number of aromatic carboxylic acids is 1. The lowest BCUT2D eigenvalue weighted by Crippen LogP contribution is -1.97. The maximum atomic E-state index is 10.7. The average molecular weight is 226 g/mol. The summed E-state index contributed by atoms with van der Waals surface area (Å²) in [7, 11) is 0. The van der Waals surface area contributed by atoms with Crippen molar-refractivity contribution in [2.24, 2.45) is 5.92 Å². The van der Waals surface area contributed by atoms with E-state index in [0.29, 0.717) is 11.5 Å². The molecule has 0 aromatic carbocycles. The summed E-state index contributed by atoms with van der Waals surface area (Å²) in [5.41, 5.74) is 1.01. The van der Waals surface area contributed by atoms with E-state index < -0.39 is 5.97 Å². The Morgan fingerprint density at radius 3 is 2.93 bits per heavy atom. The molecule has 1 aliphatic rings. The molecule has 0 aliphatic heterocycles. The fourth-order valence-corrected chi connectivity index (χ4v) is 2.26. The predicted octanol–water partition coefficient (Wildman–Crippen LogP) is 2.68. The van der Waals surface area contributed by atoms with Gasteiger partial charge in [-0.25, -0.2) is 4.79 Å². The fourth-order valence-electron chi connectivity index (χ4n) is 1.39. The van der Waals surface area contributed by atoms with Gasteiger partial charge in [0.05, 0.1) is 6.61 Å². The van der Waals surface area contributed by atoms with Crippen LogP contribution in [0.4, 0.5) is 0 Å². The summed E-state index contributed by atoms with van der Waals surface area (Å²) in [5.74, 6) is -0.0978. The van der Waals surface area contributed by atoms with Crippen molar-refractivity contribution < 1.29 is 14.6 Å². The van der Waals surface area contributed by atoms with Crippen molar-refractivity contribution in [1.82, 2.24) is 0 Å². The van der Waals surface area contributed by atoms with Crippen molar-refractivity contribution in [2.45, 2.75) is 26.4 Å². The van der Waals surface area contributed by atoms with Gasteiger partial charge in [-0.1, -0.05) is 0 Å². The Balaban J connectivity index is 1.91. The third-order valence-corrected chi connectivity index (χ3v) is 3.62. The van der Waals surface area contributed by atoms with Gasteiger partial charge in [0, 0.05) is 11.5 Å². The Kier molecular flexibility index (Phi) is 3.07. The minimum atomic E-state index is -0.850. The monoisotopic (exact) mass is 226 g/mol. The van der Waals surface area contributed by atoms with Gasteiger partial charge < -0.3 is 9.84 Å². The second kappa shape index (κ2) is 4.33. The summed E-state index contributed by atoms with van der Waals surface area (Å²) in [4.78, 5) is 12.2. The Bertz CT molecular complexity index is 366. The molecule has 3 nitrogen and oxygen atoms in total. The summed E-state index contributed by atoms with van der Waals surface area (Å²) < 4.78 is 5.53. The zero-order valence-electron chi connectivity index (χ0n) is 8.66. The zero-order valence-corrected chi connectivity index (χ0v) is 9.47. The zero-order chi connectivity index (χ0) is 10.8. The van der Waals surface area contributed by atoms with E-state index in [1.54, 1.807) is 6.07 Å². The minimum Gasteiger partial charge on any atom is -0.477 e. The Hall–Kier alpha value is -0.870. The maximum absolute atomic E-state index is 10.7. The summed E-state index contributed by atoms with van der Waals surface area (Å²) >= 11 is 1.32. The van der Waals surface area contributed by atoms with Gasteiger partial charge in [-0.15, -0.1) is 11.3 Å². The average Bonchev–Trinajstić information content (AvgIpc) is 2.91. The van der Waals surface area contributed by atoms with Crippen LogP contribution in [0.15, 0.2) is 6.07 Å². The molecule has 1 heterocycles. The smallest absolute Gasteiger partial charge is 0.345 e. The van der Waals surface area contributed by atoms with Crippen LogP contribution in [0.25, 0.3) is 0 Å². The van der Waals surface area contributed by atoms with Gasteiger partial charge in [-0.2, -0.15) is 0 Å². The Morgan fingerprint density at radius 1 is 1.67 bits per heavy atom. The number of carboxylic acids is 1. The highest BCUT2D eigenvalue weighted by Crippen LogP contribution is 2.29. The van der Waals surface area contributed by atoms with E-state index in [9.17, 15) is 4.79 Å². The van der Waals surface area contributed by atoms with Gasteiger partial charge in [0.1, 0.15) is 4.88 Å². The Labute approximate surface area is 92.7 Å².